The quantitative estimate of drug-likeness (QED) is 0.898. The lowest BCUT2D eigenvalue weighted by molar-refractivity contribution is 0.0691. The summed E-state index contributed by atoms with van der Waals surface area (Å²) in [5.74, 6) is -1.34. The lowest BCUT2D eigenvalue weighted by atomic mass is 10.3. The summed E-state index contributed by atoms with van der Waals surface area (Å²) < 4.78 is 0. The molecule has 19 heavy (non-hydrogen) atoms. The van der Waals surface area contributed by atoms with E-state index < -0.39 is 5.97 Å². The first-order chi connectivity index (χ1) is 8.97. The number of carbonyl (C=O) groups excluding carboxylic acids is 1. The predicted molar refractivity (Wildman–Crippen MR) is 71.8 cm³/mol. The van der Waals surface area contributed by atoms with Gasteiger partial charge in [-0.2, -0.15) is 0 Å². The average molecular weight is 297 g/mol. The number of rotatable bonds is 4. The van der Waals surface area contributed by atoms with Crippen molar-refractivity contribution in [2.75, 3.05) is 0 Å². The molecule has 2 heterocycles. The number of nitrogens with one attached hydrogen (secondary N) is 1. The molecule has 0 aliphatic heterocycles. The largest absolute Gasteiger partial charge is 0.476 e. The third-order valence-electron chi connectivity index (χ3n) is 2.29. The minimum atomic E-state index is -1.07. The third-order valence-corrected chi connectivity index (χ3v) is 4.02. The van der Waals surface area contributed by atoms with Gasteiger partial charge in [0.25, 0.3) is 5.91 Å². The standard InChI is InChI=1S/C11H11N3O3S2/c1-5-9(13-6(2)19-5)10(15)12-3-8-14-7(4-18-8)11(16)17/h4H,3H2,1-2H3,(H,12,15)(H,16,17). The zero-order chi connectivity index (χ0) is 14.0. The van der Waals surface area contributed by atoms with Crippen LogP contribution in [0.2, 0.25) is 0 Å². The fraction of sp³-hybridized carbons (Fsp3) is 0.273. The highest BCUT2D eigenvalue weighted by Gasteiger charge is 2.15. The van der Waals surface area contributed by atoms with E-state index in [9.17, 15) is 9.59 Å². The normalized spacial score (nSPS) is 10.4. The fourth-order valence-corrected chi connectivity index (χ4v) is 2.99. The second-order valence-corrected chi connectivity index (χ2v) is 6.10. The number of aromatic nitrogens is 2. The molecule has 8 heteroatoms. The first-order valence-electron chi connectivity index (χ1n) is 5.37. The van der Waals surface area contributed by atoms with E-state index in [4.69, 9.17) is 5.11 Å². The Morgan fingerprint density at radius 2 is 2.11 bits per heavy atom. The number of carboxylic acids is 1. The number of nitrogens with zero attached hydrogens (tertiary/aromatic N) is 2. The average Bonchev–Trinajstić information content (AvgIpc) is 2.93. The highest BCUT2D eigenvalue weighted by molar-refractivity contribution is 7.11. The lowest BCUT2D eigenvalue weighted by Crippen LogP contribution is -2.23. The van der Waals surface area contributed by atoms with Gasteiger partial charge < -0.3 is 10.4 Å². The highest BCUT2D eigenvalue weighted by atomic mass is 32.1. The summed E-state index contributed by atoms with van der Waals surface area (Å²) in [5.41, 5.74) is 0.410. The Morgan fingerprint density at radius 3 is 2.63 bits per heavy atom. The maximum absolute atomic E-state index is 11.9. The molecule has 0 radical (unpaired) electrons. The van der Waals surface area contributed by atoms with Crippen LogP contribution < -0.4 is 5.32 Å². The van der Waals surface area contributed by atoms with Crippen LogP contribution >= 0.6 is 22.7 Å². The fourth-order valence-electron chi connectivity index (χ4n) is 1.47. The molecule has 0 bridgehead atoms. The van der Waals surface area contributed by atoms with Crippen molar-refractivity contribution in [2.45, 2.75) is 20.4 Å². The number of carboxylic acid groups (broad SMARTS) is 1. The maximum Gasteiger partial charge on any atom is 0.355 e. The second kappa shape index (κ2) is 5.45. The molecule has 6 nitrogen and oxygen atoms in total. The molecule has 1 amide bonds. The smallest absolute Gasteiger partial charge is 0.355 e. The van der Waals surface area contributed by atoms with Gasteiger partial charge in [-0.05, 0) is 13.8 Å². The molecule has 0 fully saturated rings. The second-order valence-electron chi connectivity index (χ2n) is 3.75. The molecule has 2 aromatic heterocycles. The van der Waals surface area contributed by atoms with Gasteiger partial charge in [0.1, 0.15) is 10.7 Å². The van der Waals surface area contributed by atoms with E-state index in [1.165, 1.54) is 28.1 Å². The van der Waals surface area contributed by atoms with Crippen molar-refractivity contribution in [3.05, 3.63) is 31.7 Å². The van der Waals surface area contributed by atoms with Crippen molar-refractivity contribution in [3.8, 4) is 0 Å². The highest BCUT2D eigenvalue weighted by Crippen LogP contribution is 2.16. The Kier molecular flexibility index (Phi) is 3.91. The minimum Gasteiger partial charge on any atom is -0.476 e. The van der Waals surface area contributed by atoms with E-state index >= 15 is 0 Å². The van der Waals surface area contributed by atoms with Gasteiger partial charge in [0.15, 0.2) is 5.69 Å². The van der Waals surface area contributed by atoms with Crippen molar-refractivity contribution in [3.63, 3.8) is 0 Å². The van der Waals surface area contributed by atoms with E-state index in [1.54, 1.807) is 0 Å². The van der Waals surface area contributed by atoms with E-state index in [0.29, 0.717) is 10.7 Å². The van der Waals surface area contributed by atoms with Gasteiger partial charge in [-0.25, -0.2) is 14.8 Å². The van der Waals surface area contributed by atoms with Gasteiger partial charge in [-0.3, -0.25) is 4.79 Å². The molecule has 2 rings (SSSR count). The van der Waals surface area contributed by atoms with Crippen LogP contribution in [0.5, 0.6) is 0 Å². The molecule has 0 unspecified atom stereocenters. The molecule has 0 spiro atoms. The number of hydrogen-bond acceptors (Lipinski definition) is 6. The molecule has 0 aliphatic carbocycles. The van der Waals surface area contributed by atoms with Crippen LogP contribution in [-0.2, 0) is 6.54 Å². The topological polar surface area (TPSA) is 92.2 Å². The number of aromatic carboxylic acids is 1. The van der Waals surface area contributed by atoms with Crippen molar-refractivity contribution < 1.29 is 14.7 Å². The Bertz CT molecular complexity index is 633. The molecular weight excluding hydrogens is 286 g/mol. The van der Waals surface area contributed by atoms with Crippen LogP contribution in [0, 0.1) is 13.8 Å². The summed E-state index contributed by atoms with van der Waals surface area (Å²) in [6.45, 7) is 3.88. The zero-order valence-electron chi connectivity index (χ0n) is 10.3. The van der Waals surface area contributed by atoms with Crippen molar-refractivity contribution >= 4 is 34.6 Å². The Balaban J connectivity index is 2.00. The van der Waals surface area contributed by atoms with Crippen molar-refractivity contribution in [1.82, 2.24) is 15.3 Å². The summed E-state index contributed by atoms with van der Waals surface area (Å²) in [5, 5.41) is 14.3. The summed E-state index contributed by atoms with van der Waals surface area (Å²) in [7, 11) is 0. The Labute approximate surface area is 117 Å². The van der Waals surface area contributed by atoms with E-state index in [-0.39, 0.29) is 18.1 Å². The summed E-state index contributed by atoms with van der Waals surface area (Å²) in [4.78, 5) is 31.5. The number of aryl methyl sites for hydroxylation is 2. The molecular formula is C11H11N3O3S2. The summed E-state index contributed by atoms with van der Waals surface area (Å²) in [6.07, 6.45) is 0. The molecule has 0 aliphatic rings. The van der Waals surface area contributed by atoms with Gasteiger partial charge in [0.05, 0.1) is 11.6 Å². The third kappa shape index (κ3) is 3.15. The Hall–Kier alpha value is -1.80. The van der Waals surface area contributed by atoms with Gasteiger partial charge in [-0.15, -0.1) is 22.7 Å². The van der Waals surface area contributed by atoms with Crippen LogP contribution in [0.4, 0.5) is 0 Å². The van der Waals surface area contributed by atoms with E-state index in [1.807, 2.05) is 13.8 Å². The lowest BCUT2D eigenvalue weighted by Gasteiger charge is -2.00. The van der Waals surface area contributed by atoms with Crippen LogP contribution in [-0.4, -0.2) is 27.0 Å². The van der Waals surface area contributed by atoms with Gasteiger partial charge in [0, 0.05) is 10.3 Å². The van der Waals surface area contributed by atoms with Crippen molar-refractivity contribution in [1.29, 1.82) is 0 Å². The SMILES string of the molecule is Cc1nc(C(=O)NCc2nc(C(=O)O)cs2)c(C)s1. The summed E-state index contributed by atoms with van der Waals surface area (Å²) in [6, 6.07) is 0. The van der Waals surface area contributed by atoms with Crippen molar-refractivity contribution in [2.24, 2.45) is 0 Å². The zero-order valence-corrected chi connectivity index (χ0v) is 11.9. The van der Waals surface area contributed by atoms with Crippen LogP contribution in [0.3, 0.4) is 0 Å². The van der Waals surface area contributed by atoms with Crippen LogP contribution in [0.15, 0.2) is 5.38 Å². The van der Waals surface area contributed by atoms with E-state index in [2.05, 4.69) is 15.3 Å². The summed E-state index contributed by atoms with van der Waals surface area (Å²) >= 11 is 2.66. The monoisotopic (exact) mass is 297 g/mol. The molecule has 0 aromatic carbocycles. The number of amides is 1. The molecule has 0 saturated carbocycles. The Morgan fingerprint density at radius 1 is 1.37 bits per heavy atom. The van der Waals surface area contributed by atoms with Gasteiger partial charge in [-0.1, -0.05) is 0 Å². The molecule has 2 N–H and O–H groups in total. The maximum atomic E-state index is 11.9. The first-order valence-corrected chi connectivity index (χ1v) is 7.07. The molecule has 0 saturated heterocycles. The van der Waals surface area contributed by atoms with Crippen LogP contribution in [0.25, 0.3) is 0 Å². The first kappa shape index (κ1) is 13.6. The van der Waals surface area contributed by atoms with E-state index in [0.717, 1.165) is 9.88 Å². The predicted octanol–water partition coefficient (Wildman–Crippen LogP) is 1.84. The number of hydrogen-bond donors (Lipinski definition) is 2. The number of thiazole rings is 2. The molecule has 0 atom stereocenters. The van der Waals surface area contributed by atoms with Crippen LogP contribution in [0.1, 0.15) is 35.9 Å². The number of carbonyl (C=O) groups is 2. The van der Waals surface area contributed by atoms with Gasteiger partial charge >= 0.3 is 5.97 Å². The molecule has 2 aromatic rings. The minimum absolute atomic E-state index is 0.00469. The molecule has 100 valence electrons. The van der Waals surface area contributed by atoms with Gasteiger partial charge in [0.2, 0.25) is 0 Å².